The molecule has 2 aromatic heterocycles. The highest BCUT2D eigenvalue weighted by Gasteiger charge is 2.43. The zero-order valence-corrected chi connectivity index (χ0v) is 11.9. The smallest absolute Gasteiger partial charge is 0.256 e. The second-order valence-corrected chi connectivity index (χ2v) is 5.72. The Labute approximate surface area is 123 Å². The molecule has 2 atom stereocenters. The molecule has 0 unspecified atom stereocenters. The van der Waals surface area contributed by atoms with E-state index in [1.54, 1.807) is 18.5 Å². The molecule has 1 fully saturated rings. The third-order valence-corrected chi connectivity index (χ3v) is 4.45. The quantitative estimate of drug-likeness (QED) is 0.802. The van der Waals surface area contributed by atoms with E-state index in [2.05, 4.69) is 15.0 Å². The fraction of sp³-hybridized carbons (Fsp3) is 0.375. The fourth-order valence-corrected chi connectivity index (χ4v) is 3.53. The van der Waals surface area contributed by atoms with E-state index in [1.807, 2.05) is 24.1 Å². The van der Waals surface area contributed by atoms with Gasteiger partial charge in [-0.3, -0.25) is 9.78 Å². The first-order valence-electron chi connectivity index (χ1n) is 7.29. The molecule has 0 saturated carbocycles. The van der Waals surface area contributed by atoms with Gasteiger partial charge in [-0.1, -0.05) is 0 Å². The molecule has 21 heavy (non-hydrogen) atoms. The second kappa shape index (κ2) is 4.62. The van der Waals surface area contributed by atoms with Crippen molar-refractivity contribution in [3.05, 3.63) is 53.4 Å². The maximum Gasteiger partial charge on any atom is 0.256 e. The number of aryl methyl sites for hydroxylation is 1. The molecule has 0 aliphatic carbocycles. The summed E-state index contributed by atoms with van der Waals surface area (Å²) in [5, 5.41) is 0. The zero-order chi connectivity index (χ0) is 14.4. The third-order valence-electron chi connectivity index (χ3n) is 4.45. The SMILES string of the molecule is Cc1ncc2c(n1)C[C@@H]1CC[C@H]2N1C(=O)c1cccnc1. The van der Waals surface area contributed by atoms with Crippen molar-refractivity contribution in [1.29, 1.82) is 0 Å². The number of amides is 1. The van der Waals surface area contributed by atoms with Crippen LogP contribution >= 0.6 is 0 Å². The lowest BCUT2D eigenvalue weighted by Crippen LogP contribution is -2.42. The van der Waals surface area contributed by atoms with Crippen LogP contribution in [0.5, 0.6) is 0 Å². The van der Waals surface area contributed by atoms with Crippen molar-refractivity contribution in [1.82, 2.24) is 19.9 Å². The van der Waals surface area contributed by atoms with Crippen LogP contribution in [0, 0.1) is 6.92 Å². The number of nitrogens with zero attached hydrogens (tertiary/aromatic N) is 4. The molecular formula is C16H16N4O. The Morgan fingerprint density at radius 2 is 2.24 bits per heavy atom. The lowest BCUT2D eigenvalue weighted by Gasteiger charge is -2.35. The summed E-state index contributed by atoms with van der Waals surface area (Å²) in [4.78, 5) is 27.7. The first kappa shape index (κ1) is 12.4. The van der Waals surface area contributed by atoms with E-state index in [0.29, 0.717) is 5.56 Å². The van der Waals surface area contributed by atoms with Crippen LogP contribution in [0.25, 0.3) is 0 Å². The van der Waals surface area contributed by atoms with Crippen LogP contribution < -0.4 is 0 Å². The lowest BCUT2D eigenvalue weighted by atomic mass is 9.98. The Hall–Kier alpha value is -2.30. The predicted molar refractivity (Wildman–Crippen MR) is 76.6 cm³/mol. The van der Waals surface area contributed by atoms with Crippen LogP contribution in [0.4, 0.5) is 0 Å². The number of rotatable bonds is 1. The number of hydrogen-bond donors (Lipinski definition) is 0. The molecule has 2 aliphatic heterocycles. The molecule has 0 N–H and O–H groups in total. The maximum atomic E-state index is 12.8. The minimum absolute atomic E-state index is 0.0711. The maximum absolute atomic E-state index is 12.8. The number of carbonyl (C=O) groups excluding carboxylic acids is 1. The van der Waals surface area contributed by atoms with E-state index in [0.717, 1.165) is 36.3 Å². The lowest BCUT2D eigenvalue weighted by molar-refractivity contribution is 0.0643. The van der Waals surface area contributed by atoms with E-state index in [1.165, 1.54) is 0 Å². The molecule has 1 saturated heterocycles. The Bertz CT molecular complexity index is 701. The molecule has 0 radical (unpaired) electrons. The number of carbonyl (C=O) groups is 1. The molecule has 2 aromatic rings. The summed E-state index contributed by atoms with van der Waals surface area (Å²) < 4.78 is 0. The molecule has 4 heterocycles. The van der Waals surface area contributed by atoms with E-state index >= 15 is 0 Å². The van der Waals surface area contributed by atoms with Gasteiger partial charge in [0.1, 0.15) is 5.82 Å². The van der Waals surface area contributed by atoms with Gasteiger partial charge in [0.15, 0.2) is 0 Å². The molecule has 0 spiro atoms. The number of aromatic nitrogens is 3. The summed E-state index contributed by atoms with van der Waals surface area (Å²) in [6.07, 6.45) is 8.09. The first-order chi connectivity index (χ1) is 10.2. The Morgan fingerprint density at radius 1 is 1.33 bits per heavy atom. The molecule has 5 nitrogen and oxygen atoms in total. The van der Waals surface area contributed by atoms with E-state index in [4.69, 9.17) is 0 Å². The van der Waals surface area contributed by atoms with E-state index < -0.39 is 0 Å². The summed E-state index contributed by atoms with van der Waals surface area (Å²) in [5.74, 6) is 0.877. The van der Waals surface area contributed by atoms with Gasteiger partial charge in [0.05, 0.1) is 17.3 Å². The van der Waals surface area contributed by atoms with Crippen molar-refractivity contribution in [2.75, 3.05) is 0 Å². The van der Waals surface area contributed by atoms with Crippen molar-refractivity contribution in [3.8, 4) is 0 Å². The fourth-order valence-electron chi connectivity index (χ4n) is 3.53. The van der Waals surface area contributed by atoms with Crippen LogP contribution in [-0.2, 0) is 6.42 Å². The van der Waals surface area contributed by atoms with Crippen LogP contribution in [-0.4, -0.2) is 31.8 Å². The molecule has 5 heteroatoms. The van der Waals surface area contributed by atoms with Gasteiger partial charge in [-0.05, 0) is 31.9 Å². The molecule has 0 aromatic carbocycles. The normalized spacial score (nSPS) is 23.0. The second-order valence-electron chi connectivity index (χ2n) is 5.72. The number of pyridine rings is 1. The first-order valence-corrected chi connectivity index (χ1v) is 7.29. The van der Waals surface area contributed by atoms with Crippen molar-refractivity contribution in [2.24, 2.45) is 0 Å². The van der Waals surface area contributed by atoms with Crippen LogP contribution in [0.15, 0.2) is 30.7 Å². The third kappa shape index (κ3) is 1.92. The Balaban J connectivity index is 1.73. The van der Waals surface area contributed by atoms with Gasteiger partial charge in [0.25, 0.3) is 5.91 Å². The van der Waals surface area contributed by atoms with Gasteiger partial charge < -0.3 is 4.90 Å². The summed E-state index contributed by atoms with van der Waals surface area (Å²) in [5.41, 5.74) is 2.89. The summed E-state index contributed by atoms with van der Waals surface area (Å²) in [7, 11) is 0. The van der Waals surface area contributed by atoms with Gasteiger partial charge in [-0.2, -0.15) is 0 Å². The van der Waals surface area contributed by atoms with E-state index in [9.17, 15) is 4.79 Å². The molecule has 106 valence electrons. The average molecular weight is 280 g/mol. The van der Waals surface area contributed by atoms with Crippen molar-refractivity contribution in [2.45, 2.75) is 38.3 Å². The summed E-state index contributed by atoms with van der Waals surface area (Å²) in [6, 6.07) is 4.01. The van der Waals surface area contributed by atoms with Gasteiger partial charge >= 0.3 is 0 Å². The highest BCUT2D eigenvalue weighted by atomic mass is 16.2. The van der Waals surface area contributed by atoms with Crippen LogP contribution in [0.1, 0.15) is 46.3 Å². The highest BCUT2D eigenvalue weighted by Crippen LogP contribution is 2.43. The van der Waals surface area contributed by atoms with Crippen molar-refractivity contribution < 1.29 is 4.79 Å². The Kier molecular flexibility index (Phi) is 2.74. The topological polar surface area (TPSA) is 59.0 Å². The largest absolute Gasteiger partial charge is 0.328 e. The zero-order valence-electron chi connectivity index (χ0n) is 11.9. The molecular weight excluding hydrogens is 264 g/mol. The monoisotopic (exact) mass is 280 g/mol. The van der Waals surface area contributed by atoms with Gasteiger partial charge in [-0.25, -0.2) is 9.97 Å². The Morgan fingerprint density at radius 3 is 3.05 bits per heavy atom. The minimum atomic E-state index is 0.0711. The van der Waals surface area contributed by atoms with Gasteiger partial charge in [-0.15, -0.1) is 0 Å². The molecule has 4 rings (SSSR count). The average Bonchev–Trinajstić information content (AvgIpc) is 2.82. The van der Waals surface area contributed by atoms with Crippen molar-refractivity contribution in [3.63, 3.8) is 0 Å². The molecule has 2 aliphatic rings. The summed E-state index contributed by atoms with van der Waals surface area (Å²) >= 11 is 0. The molecule has 2 bridgehead atoms. The minimum Gasteiger partial charge on any atom is -0.328 e. The standard InChI is InChI=1S/C16H16N4O/c1-10-18-9-13-14(19-10)7-12-4-5-15(13)20(12)16(21)11-3-2-6-17-8-11/h2-3,6,8-9,12,15H,4-5,7H2,1H3/t12-,15+/m0/s1. The molecule has 1 amide bonds. The highest BCUT2D eigenvalue weighted by molar-refractivity contribution is 5.94. The van der Waals surface area contributed by atoms with Gasteiger partial charge in [0.2, 0.25) is 0 Å². The van der Waals surface area contributed by atoms with Crippen LogP contribution in [0.2, 0.25) is 0 Å². The number of hydrogen-bond acceptors (Lipinski definition) is 4. The van der Waals surface area contributed by atoms with Gasteiger partial charge in [0, 0.05) is 36.6 Å². The number of fused-ring (bicyclic) bond motifs is 4. The van der Waals surface area contributed by atoms with Crippen molar-refractivity contribution >= 4 is 5.91 Å². The predicted octanol–water partition coefficient (Wildman–Crippen LogP) is 2.08. The van der Waals surface area contributed by atoms with E-state index in [-0.39, 0.29) is 18.0 Å². The van der Waals surface area contributed by atoms with Crippen LogP contribution in [0.3, 0.4) is 0 Å². The summed E-state index contributed by atoms with van der Waals surface area (Å²) in [6.45, 7) is 1.91.